The molecule has 0 aromatic heterocycles. The van der Waals surface area contributed by atoms with Gasteiger partial charge in [0.25, 0.3) is 0 Å². The molecular formula is C13H15NO2. The molecular weight excluding hydrogens is 202 g/mol. The van der Waals surface area contributed by atoms with Gasteiger partial charge in [-0.2, -0.15) is 0 Å². The van der Waals surface area contributed by atoms with Crippen molar-refractivity contribution in [2.45, 2.75) is 26.1 Å². The minimum atomic E-state index is -0.607. The molecule has 0 bridgehead atoms. The maximum Gasteiger partial charge on any atom is 0.356 e. The van der Waals surface area contributed by atoms with E-state index >= 15 is 0 Å². The largest absolute Gasteiger partial charge is 0.435 e. The van der Waals surface area contributed by atoms with E-state index in [2.05, 4.69) is 6.58 Å². The number of hydrogen-bond donors (Lipinski definition) is 0. The van der Waals surface area contributed by atoms with Crippen LogP contribution in [0, 0.1) is 0 Å². The van der Waals surface area contributed by atoms with Crippen LogP contribution in [0.15, 0.2) is 42.6 Å². The number of nitrogens with zero attached hydrogens (tertiary/aromatic N) is 1. The summed E-state index contributed by atoms with van der Waals surface area (Å²) >= 11 is 0. The average molecular weight is 217 g/mol. The molecule has 1 heterocycles. The molecule has 1 saturated heterocycles. The first-order valence-corrected chi connectivity index (χ1v) is 5.24. The summed E-state index contributed by atoms with van der Waals surface area (Å²) in [5, 5.41) is 0. The number of hydrogen-bond acceptors (Lipinski definition) is 3. The van der Waals surface area contributed by atoms with Crippen LogP contribution < -0.4 is 0 Å². The minimum Gasteiger partial charge on any atom is -0.435 e. The van der Waals surface area contributed by atoms with Gasteiger partial charge in [-0.25, -0.2) is 4.79 Å². The molecule has 0 atom stereocenters. The van der Waals surface area contributed by atoms with Crippen LogP contribution in [0.25, 0.3) is 0 Å². The summed E-state index contributed by atoms with van der Waals surface area (Å²) in [7, 11) is 0. The van der Waals surface area contributed by atoms with Gasteiger partial charge in [-0.3, -0.25) is 0 Å². The van der Waals surface area contributed by atoms with E-state index in [1.54, 1.807) is 0 Å². The number of cyclic esters (lactones) is 1. The molecule has 0 N–H and O–H groups in total. The fourth-order valence-corrected chi connectivity index (χ4v) is 1.83. The van der Waals surface area contributed by atoms with E-state index in [0.29, 0.717) is 12.2 Å². The smallest absolute Gasteiger partial charge is 0.356 e. The van der Waals surface area contributed by atoms with E-state index < -0.39 is 5.72 Å². The molecule has 2 rings (SSSR count). The maximum absolute atomic E-state index is 11.4. The molecule has 0 unspecified atom stereocenters. The van der Waals surface area contributed by atoms with E-state index in [-0.39, 0.29) is 5.97 Å². The third kappa shape index (κ3) is 1.81. The highest BCUT2D eigenvalue weighted by Crippen LogP contribution is 2.31. The van der Waals surface area contributed by atoms with Crippen molar-refractivity contribution in [3.8, 4) is 0 Å². The van der Waals surface area contributed by atoms with Gasteiger partial charge >= 0.3 is 5.97 Å². The predicted molar refractivity (Wildman–Crippen MR) is 61.3 cm³/mol. The highest BCUT2D eigenvalue weighted by atomic mass is 16.6. The molecule has 1 aromatic rings. The fraction of sp³-hybridized carbons (Fsp3) is 0.308. The third-order valence-electron chi connectivity index (χ3n) is 2.74. The number of esters is 1. The van der Waals surface area contributed by atoms with Gasteiger partial charge in [0.15, 0.2) is 5.72 Å². The van der Waals surface area contributed by atoms with Crippen molar-refractivity contribution in [1.29, 1.82) is 0 Å². The highest BCUT2D eigenvalue weighted by molar-refractivity contribution is 5.89. The Labute approximate surface area is 95.3 Å². The Hall–Kier alpha value is -1.77. The first kappa shape index (κ1) is 10.7. The summed E-state index contributed by atoms with van der Waals surface area (Å²) in [6.07, 6.45) is 0. The van der Waals surface area contributed by atoms with Gasteiger partial charge in [0, 0.05) is 6.54 Å². The number of carbonyl (C=O) groups excluding carboxylic acids is 1. The molecule has 1 aliphatic rings. The van der Waals surface area contributed by atoms with Crippen LogP contribution in [0.5, 0.6) is 0 Å². The third-order valence-corrected chi connectivity index (χ3v) is 2.74. The van der Waals surface area contributed by atoms with Crippen LogP contribution >= 0.6 is 0 Å². The van der Waals surface area contributed by atoms with Gasteiger partial charge in [-0.05, 0) is 19.4 Å². The number of carbonyl (C=O) groups is 1. The zero-order valence-electron chi connectivity index (χ0n) is 9.56. The summed E-state index contributed by atoms with van der Waals surface area (Å²) in [6.45, 7) is 8.13. The summed E-state index contributed by atoms with van der Waals surface area (Å²) in [5.74, 6) is -0.332. The molecule has 0 saturated carbocycles. The highest BCUT2D eigenvalue weighted by Gasteiger charge is 2.41. The lowest BCUT2D eigenvalue weighted by Crippen LogP contribution is -2.37. The van der Waals surface area contributed by atoms with E-state index in [0.717, 1.165) is 5.56 Å². The SMILES string of the molecule is C=C1C(=O)OC(C)(C)N1Cc1ccccc1. The minimum absolute atomic E-state index is 0.332. The van der Waals surface area contributed by atoms with Gasteiger partial charge in [0.05, 0.1) is 0 Å². The topological polar surface area (TPSA) is 29.5 Å². The molecule has 0 aliphatic carbocycles. The Kier molecular flexibility index (Phi) is 2.46. The van der Waals surface area contributed by atoms with Gasteiger partial charge in [-0.15, -0.1) is 0 Å². The fourth-order valence-electron chi connectivity index (χ4n) is 1.83. The summed E-state index contributed by atoms with van der Waals surface area (Å²) < 4.78 is 5.23. The normalized spacial score (nSPS) is 18.8. The molecule has 0 spiro atoms. The van der Waals surface area contributed by atoms with Gasteiger partial charge in [0.2, 0.25) is 0 Å². The standard InChI is InChI=1S/C13H15NO2/c1-10-12(15)16-13(2,3)14(10)9-11-7-5-4-6-8-11/h4-8H,1,9H2,2-3H3. The predicted octanol–water partition coefficient (Wildman–Crippen LogP) is 2.30. The van der Waals surface area contributed by atoms with Crippen LogP contribution in [0.1, 0.15) is 19.4 Å². The Balaban J connectivity index is 2.21. The Morgan fingerprint density at radius 1 is 1.31 bits per heavy atom. The van der Waals surface area contributed by atoms with Gasteiger partial charge in [0.1, 0.15) is 5.70 Å². The van der Waals surface area contributed by atoms with Crippen molar-refractivity contribution >= 4 is 5.97 Å². The second kappa shape index (κ2) is 3.67. The molecule has 3 heteroatoms. The molecule has 84 valence electrons. The molecule has 0 radical (unpaired) electrons. The zero-order valence-corrected chi connectivity index (χ0v) is 9.56. The van der Waals surface area contributed by atoms with Crippen LogP contribution in [-0.4, -0.2) is 16.6 Å². The second-order valence-corrected chi connectivity index (χ2v) is 4.35. The van der Waals surface area contributed by atoms with E-state index in [9.17, 15) is 4.79 Å². The van der Waals surface area contributed by atoms with Gasteiger partial charge in [-0.1, -0.05) is 36.9 Å². The van der Waals surface area contributed by atoms with Crippen molar-refractivity contribution in [2.75, 3.05) is 0 Å². The molecule has 1 aromatic carbocycles. The van der Waals surface area contributed by atoms with Crippen molar-refractivity contribution in [3.05, 3.63) is 48.2 Å². The van der Waals surface area contributed by atoms with E-state index in [1.165, 1.54) is 0 Å². The maximum atomic E-state index is 11.4. The molecule has 1 aliphatic heterocycles. The Morgan fingerprint density at radius 2 is 1.94 bits per heavy atom. The molecule has 1 fully saturated rings. The zero-order chi connectivity index (χ0) is 11.8. The van der Waals surface area contributed by atoms with Gasteiger partial charge < -0.3 is 9.64 Å². The molecule has 16 heavy (non-hydrogen) atoms. The number of rotatable bonds is 2. The van der Waals surface area contributed by atoms with Crippen LogP contribution in [-0.2, 0) is 16.1 Å². The molecule has 0 amide bonds. The van der Waals surface area contributed by atoms with Crippen molar-refractivity contribution in [1.82, 2.24) is 4.90 Å². The van der Waals surface area contributed by atoms with E-state index in [1.807, 2.05) is 49.1 Å². The van der Waals surface area contributed by atoms with E-state index in [4.69, 9.17) is 4.74 Å². The molecule has 3 nitrogen and oxygen atoms in total. The number of ether oxygens (including phenoxy) is 1. The summed E-state index contributed by atoms with van der Waals surface area (Å²) in [4.78, 5) is 13.3. The average Bonchev–Trinajstić information content (AvgIpc) is 2.42. The van der Waals surface area contributed by atoms with Crippen molar-refractivity contribution in [2.24, 2.45) is 0 Å². The quantitative estimate of drug-likeness (QED) is 0.562. The Bertz CT molecular complexity index is 423. The first-order chi connectivity index (χ1) is 7.50. The second-order valence-electron chi connectivity index (χ2n) is 4.35. The monoisotopic (exact) mass is 217 g/mol. The lowest BCUT2D eigenvalue weighted by Gasteiger charge is -2.30. The van der Waals surface area contributed by atoms with Crippen LogP contribution in [0.3, 0.4) is 0 Å². The lowest BCUT2D eigenvalue weighted by atomic mass is 10.1. The first-order valence-electron chi connectivity index (χ1n) is 5.24. The number of benzene rings is 1. The van der Waals surface area contributed by atoms with Crippen LogP contribution in [0.2, 0.25) is 0 Å². The summed E-state index contributed by atoms with van der Waals surface area (Å²) in [5.41, 5.74) is 0.952. The Morgan fingerprint density at radius 3 is 2.44 bits per heavy atom. The summed E-state index contributed by atoms with van der Waals surface area (Å²) in [6, 6.07) is 9.96. The van der Waals surface area contributed by atoms with Crippen LogP contribution in [0.4, 0.5) is 0 Å². The lowest BCUT2D eigenvalue weighted by molar-refractivity contribution is -0.148. The van der Waals surface area contributed by atoms with Crippen molar-refractivity contribution in [3.63, 3.8) is 0 Å². The van der Waals surface area contributed by atoms with Crippen molar-refractivity contribution < 1.29 is 9.53 Å².